The first-order valence-corrected chi connectivity index (χ1v) is 14.0. The summed E-state index contributed by atoms with van der Waals surface area (Å²) in [6, 6.07) is 23.0. The largest absolute Gasteiger partial charge is 0.493 e. The van der Waals surface area contributed by atoms with Gasteiger partial charge in [-0.1, -0.05) is 60.7 Å². The maximum Gasteiger partial charge on any atom is 0.303 e. The molecule has 0 spiro atoms. The molecule has 0 bridgehead atoms. The molecular formula is C30H38N2O5S. The Morgan fingerprint density at radius 1 is 1.00 bits per heavy atom. The first-order chi connectivity index (χ1) is 17.9. The quantitative estimate of drug-likeness (QED) is 0.239. The molecule has 0 amide bonds. The Morgan fingerprint density at radius 2 is 1.66 bits per heavy atom. The van der Waals surface area contributed by atoms with Gasteiger partial charge in [0.25, 0.3) is 10.0 Å². The number of allylic oxidation sites excluding steroid dienone is 1. The van der Waals surface area contributed by atoms with Crippen molar-refractivity contribution in [3.8, 4) is 5.75 Å². The van der Waals surface area contributed by atoms with Crippen molar-refractivity contribution in [1.29, 1.82) is 0 Å². The van der Waals surface area contributed by atoms with Crippen molar-refractivity contribution in [2.45, 2.75) is 56.9 Å². The number of carbonyl (C=O) groups is 1. The lowest BCUT2D eigenvalue weighted by molar-refractivity contribution is -0.136. The van der Waals surface area contributed by atoms with Gasteiger partial charge in [0.1, 0.15) is 5.75 Å². The van der Waals surface area contributed by atoms with E-state index in [1.165, 1.54) is 0 Å². The van der Waals surface area contributed by atoms with E-state index in [-0.39, 0.29) is 16.9 Å². The topological polar surface area (TPSA) is 119 Å². The first kappa shape index (κ1) is 30.6. The highest BCUT2D eigenvalue weighted by Gasteiger charge is 2.13. The minimum absolute atomic E-state index is 0. The van der Waals surface area contributed by atoms with Crippen molar-refractivity contribution in [1.82, 2.24) is 0 Å². The monoisotopic (exact) mass is 538 g/mol. The summed E-state index contributed by atoms with van der Waals surface area (Å²) in [5.41, 5.74) is 7.64. The van der Waals surface area contributed by atoms with E-state index in [1.807, 2.05) is 63.3 Å². The van der Waals surface area contributed by atoms with Crippen LogP contribution in [0.4, 0.5) is 5.69 Å². The van der Waals surface area contributed by atoms with Crippen molar-refractivity contribution in [2.24, 2.45) is 5.73 Å². The molecule has 3 aromatic carbocycles. The van der Waals surface area contributed by atoms with E-state index < -0.39 is 16.0 Å². The van der Waals surface area contributed by atoms with E-state index in [0.29, 0.717) is 18.7 Å². The number of ether oxygens (including phenoxy) is 1. The Bertz CT molecular complexity index is 1280. The number of nitrogens with two attached hydrogens (primary N) is 1. The van der Waals surface area contributed by atoms with Crippen molar-refractivity contribution in [3.63, 3.8) is 0 Å². The van der Waals surface area contributed by atoms with Gasteiger partial charge in [0.05, 0.1) is 11.5 Å². The van der Waals surface area contributed by atoms with Crippen LogP contribution in [-0.4, -0.2) is 31.6 Å². The molecule has 0 saturated carbocycles. The number of carboxylic acids is 1. The number of rotatable bonds is 12. The zero-order chi connectivity index (χ0) is 28.0. The Labute approximate surface area is 226 Å². The van der Waals surface area contributed by atoms with Crippen LogP contribution in [0.1, 0.15) is 51.2 Å². The number of hydrogen-bond acceptors (Lipinski definition) is 5. The fourth-order valence-electron chi connectivity index (χ4n) is 3.22. The fraction of sp³-hybridized carbons (Fsp3) is 0.300. The van der Waals surface area contributed by atoms with E-state index in [0.717, 1.165) is 29.7 Å². The van der Waals surface area contributed by atoms with Gasteiger partial charge in [-0.25, -0.2) is 8.42 Å². The van der Waals surface area contributed by atoms with Gasteiger partial charge in [-0.3, -0.25) is 9.52 Å². The second-order valence-electron chi connectivity index (χ2n) is 9.80. The van der Waals surface area contributed by atoms with Gasteiger partial charge in [-0.05, 0) is 81.5 Å². The number of sulfonamides is 1. The van der Waals surface area contributed by atoms with E-state index >= 15 is 0 Å². The smallest absolute Gasteiger partial charge is 0.303 e. The summed E-state index contributed by atoms with van der Waals surface area (Å²) in [5, 5.41) is 8.88. The third-order valence-electron chi connectivity index (χ3n) is 4.86. The summed E-state index contributed by atoms with van der Waals surface area (Å²) in [4.78, 5) is 11.0. The molecular weight excluding hydrogens is 500 g/mol. The molecule has 204 valence electrons. The second kappa shape index (κ2) is 15.0. The van der Waals surface area contributed by atoms with Crippen molar-refractivity contribution in [3.05, 3.63) is 96.1 Å². The molecule has 7 nitrogen and oxygen atoms in total. The molecule has 0 heterocycles. The molecule has 0 aliphatic heterocycles. The molecule has 3 rings (SSSR count). The zero-order valence-corrected chi connectivity index (χ0v) is 23.1. The van der Waals surface area contributed by atoms with Crippen LogP contribution < -0.4 is 15.2 Å². The van der Waals surface area contributed by atoms with E-state index in [1.54, 1.807) is 48.5 Å². The number of benzene rings is 3. The Morgan fingerprint density at radius 3 is 2.34 bits per heavy atom. The predicted octanol–water partition coefficient (Wildman–Crippen LogP) is 6.12. The number of hydrogen-bond donors (Lipinski definition) is 3. The van der Waals surface area contributed by atoms with Gasteiger partial charge in [0, 0.05) is 17.6 Å². The van der Waals surface area contributed by atoms with E-state index in [4.69, 9.17) is 15.6 Å². The van der Waals surface area contributed by atoms with Crippen molar-refractivity contribution in [2.75, 3.05) is 11.3 Å². The molecule has 0 atom stereocenters. The van der Waals surface area contributed by atoms with Gasteiger partial charge < -0.3 is 15.6 Å². The highest BCUT2D eigenvalue weighted by Crippen LogP contribution is 2.20. The zero-order valence-electron chi connectivity index (χ0n) is 22.3. The maximum atomic E-state index is 12.5. The number of aliphatic carboxylic acids is 1. The average molecular weight is 539 g/mol. The van der Waals surface area contributed by atoms with Crippen LogP contribution in [0.15, 0.2) is 89.8 Å². The average Bonchev–Trinajstić information content (AvgIpc) is 2.85. The van der Waals surface area contributed by atoms with Gasteiger partial charge in [-0.2, -0.15) is 0 Å². The summed E-state index contributed by atoms with van der Waals surface area (Å²) in [6.45, 7) is 6.42. The van der Waals surface area contributed by atoms with Gasteiger partial charge in [0.2, 0.25) is 0 Å². The van der Waals surface area contributed by atoms with E-state index in [9.17, 15) is 13.2 Å². The van der Waals surface area contributed by atoms with Crippen LogP contribution in [0, 0.1) is 0 Å². The molecule has 0 fully saturated rings. The number of anilines is 1. The lowest BCUT2D eigenvalue weighted by atomic mass is 10.1. The van der Waals surface area contributed by atoms with Crippen molar-refractivity contribution >= 4 is 27.8 Å². The predicted molar refractivity (Wildman–Crippen MR) is 154 cm³/mol. The standard InChI is InChI=1S/C26H27NO5S.C4H11N/c28-26(29)18-17-22-12-6-7-16-25(22)32-19-8-2-3-10-21-11-9-13-23(20-21)27-33(30,31)24-14-4-1-5-15-24;1-4(2,3)5/h1,3-7,9-16,20,27H,2,8,17-19H2,(H,28,29);5H2,1-3H3/b10-3+;. The Balaban J connectivity index is 0.000000926. The highest BCUT2D eigenvalue weighted by molar-refractivity contribution is 7.92. The molecule has 3 aromatic rings. The normalized spacial score (nSPS) is 11.5. The third-order valence-corrected chi connectivity index (χ3v) is 6.25. The summed E-state index contributed by atoms with van der Waals surface area (Å²) < 4.78 is 33.4. The lowest BCUT2D eigenvalue weighted by Gasteiger charge is -2.10. The minimum Gasteiger partial charge on any atom is -0.493 e. The number of aryl methyl sites for hydroxylation is 1. The molecule has 0 aliphatic rings. The molecule has 8 heteroatoms. The van der Waals surface area contributed by atoms with E-state index in [2.05, 4.69) is 4.72 Å². The molecule has 0 unspecified atom stereocenters. The SMILES string of the molecule is CC(C)(C)N.O=C(O)CCc1ccccc1OCCC/C=C/c1cccc(NS(=O)(=O)c2ccccc2)c1. The summed E-state index contributed by atoms with van der Waals surface area (Å²) in [6.07, 6.45) is 6.06. The molecule has 38 heavy (non-hydrogen) atoms. The number of unbranched alkanes of at least 4 members (excludes halogenated alkanes) is 1. The highest BCUT2D eigenvalue weighted by atomic mass is 32.2. The molecule has 0 aromatic heterocycles. The van der Waals surface area contributed by atoms with Crippen LogP contribution in [0.25, 0.3) is 6.08 Å². The summed E-state index contributed by atoms with van der Waals surface area (Å²) in [5.74, 6) is -0.104. The third kappa shape index (κ3) is 12.6. The van der Waals surface area contributed by atoms with Crippen LogP contribution in [-0.2, 0) is 21.2 Å². The molecule has 0 radical (unpaired) electrons. The molecule has 0 saturated heterocycles. The van der Waals surface area contributed by atoms with Crippen LogP contribution in [0.2, 0.25) is 0 Å². The van der Waals surface area contributed by atoms with Gasteiger partial charge in [-0.15, -0.1) is 0 Å². The molecule has 0 aliphatic carbocycles. The van der Waals surface area contributed by atoms with Crippen LogP contribution in [0.5, 0.6) is 5.75 Å². The lowest BCUT2D eigenvalue weighted by Crippen LogP contribution is -2.26. The Kier molecular flexibility index (Phi) is 12.0. The van der Waals surface area contributed by atoms with Gasteiger partial charge in [0.15, 0.2) is 0 Å². The Hall–Kier alpha value is -3.62. The number of carboxylic acid groups (broad SMARTS) is 1. The fourth-order valence-corrected chi connectivity index (χ4v) is 4.29. The second-order valence-corrected chi connectivity index (χ2v) is 11.5. The minimum atomic E-state index is -3.62. The number of nitrogens with one attached hydrogen (secondary N) is 1. The van der Waals surface area contributed by atoms with Crippen LogP contribution in [0.3, 0.4) is 0 Å². The maximum absolute atomic E-state index is 12.5. The first-order valence-electron chi connectivity index (χ1n) is 12.5. The molecule has 4 N–H and O–H groups in total. The summed E-state index contributed by atoms with van der Waals surface area (Å²) >= 11 is 0. The number of para-hydroxylation sites is 1. The summed E-state index contributed by atoms with van der Waals surface area (Å²) in [7, 11) is -3.62. The van der Waals surface area contributed by atoms with Crippen LogP contribution >= 0.6 is 0 Å². The van der Waals surface area contributed by atoms with Gasteiger partial charge >= 0.3 is 5.97 Å². The van der Waals surface area contributed by atoms with Crippen molar-refractivity contribution < 1.29 is 23.1 Å².